The smallest absolute Gasteiger partial charge is 0.0802 e. The SMILES string of the molecule is CC1CC(C)C(C)N(CCC(O)c2ccc(Cl)cc2)C1. The molecule has 112 valence electrons. The molecule has 1 N–H and O–H groups in total. The quantitative estimate of drug-likeness (QED) is 0.903. The van der Waals surface area contributed by atoms with Gasteiger partial charge in [-0.05, 0) is 49.3 Å². The van der Waals surface area contributed by atoms with Crippen LogP contribution in [-0.4, -0.2) is 29.1 Å². The number of piperidine rings is 1. The Morgan fingerprint density at radius 1 is 1.25 bits per heavy atom. The minimum Gasteiger partial charge on any atom is -0.388 e. The summed E-state index contributed by atoms with van der Waals surface area (Å²) in [6.07, 6.45) is 1.70. The van der Waals surface area contributed by atoms with E-state index in [1.165, 1.54) is 6.42 Å². The molecule has 1 heterocycles. The van der Waals surface area contributed by atoms with Gasteiger partial charge in [0.05, 0.1) is 6.10 Å². The van der Waals surface area contributed by atoms with Crippen LogP contribution in [0.2, 0.25) is 5.02 Å². The zero-order valence-corrected chi connectivity index (χ0v) is 13.5. The van der Waals surface area contributed by atoms with Crippen molar-refractivity contribution >= 4 is 11.6 Å². The van der Waals surface area contributed by atoms with Crippen LogP contribution in [0.15, 0.2) is 24.3 Å². The van der Waals surface area contributed by atoms with Crippen molar-refractivity contribution in [1.29, 1.82) is 0 Å². The number of halogens is 1. The van der Waals surface area contributed by atoms with E-state index in [2.05, 4.69) is 25.7 Å². The molecule has 4 unspecified atom stereocenters. The highest BCUT2D eigenvalue weighted by molar-refractivity contribution is 6.30. The summed E-state index contributed by atoms with van der Waals surface area (Å²) >= 11 is 5.88. The molecule has 1 aliphatic heterocycles. The molecule has 0 bridgehead atoms. The second-order valence-corrected chi connectivity index (χ2v) is 6.85. The van der Waals surface area contributed by atoms with E-state index in [1.54, 1.807) is 0 Å². The molecule has 0 aliphatic carbocycles. The maximum Gasteiger partial charge on any atom is 0.0802 e. The van der Waals surface area contributed by atoms with Gasteiger partial charge in [0, 0.05) is 24.2 Å². The number of hydrogen-bond acceptors (Lipinski definition) is 2. The van der Waals surface area contributed by atoms with Crippen LogP contribution in [-0.2, 0) is 0 Å². The highest BCUT2D eigenvalue weighted by atomic mass is 35.5. The van der Waals surface area contributed by atoms with Crippen LogP contribution in [0, 0.1) is 11.8 Å². The van der Waals surface area contributed by atoms with Crippen LogP contribution in [0.1, 0.15) is 45.3 Å². The Balaban J connectivity index is 1.89. The molecule has 2 rings (SSSR count). The monoisotopic (exact) mass is 295 g/mol. The summed E-state index contributed by atoms with van der Waals surface area (Å²) in [7, 11) is 0. The first-order valence-electron chi connectivity index (χ1n) is 7.65. The minimum absolute atomic E-state index is 0.396. The van der Waals surface area contributed by atoms with E-state index < -0.39 is 6.10 Å². The van der Waals surface area contributed by atoms with E-state index in [0.29, 0.717) is 11.1 Å². The van der Waals surface area contributed by atoms with Gasteiger partial charge < -0.3 is 10.0 Å². The maximum absolute atomic E-state index is 10.3. The summed E-state index contributed by atoms with van der Waals surface area (Å²) in [6.45, 7) is 9.08. The Morgan fingerprint density at radius 2 is 1.90 bits per heavy atom. The lowest BCUT2D eigenvalue weighted by Crippen LogP contribution is -2.46. The summed E-state index contributed by atoms with van der Waals surface area (Å²) in [6, 6.07) is 8.13. The molecular formula is C17H26ClNO. The van der Waals surface area contributed by atoms with E-state index in [-0.39, 0.29) is 0 Å². The predicted molar refractivity (Wildman–Crippen MR) is 85.0 cm³/mol. The third-order valence-corrected chi connectivity index (χ3v) is 4.92. The van der Waals surface area contributed by atoms with Gasteiger partial charge in [0.2, 0.25) is 0 Å². The van der Waals surface area contributed by atoms with Crippen LogP contribution in [0.4, 0.5) is 0 Å². The number of nitrogens with zero attached hydrogens (tertiary/aromatic N) is 1. The number of benzene rings is 1. The topological polar surface area (TPSA) is 23.5 Å². The number of likely N-dealkylation sites (tertiary alicyclic amines) is 1. The fourth-order valence-corrected chi connectivity index (χ4v) is 3.39. The first-order valence-corrected chi connectivity index (χ1v) is 8.02. The Hall–Kier alpha value is -0.570. The van der Waals surface area contributed by atoms with Crippen molar-refractivity contribution in [3.8, 4) is 0 Å². The average molecular weight is 296 g/mol. The normalized spacial score (nSPS) is 29.4. The number of hydrogen-bond donors (Lipinski definition) is 1. The standard InChI is InChI=1S/C17H26ClNO/c1-12-10-13(2)14(3)19(11-12)9-8-17(20)15-4-6-16(18)7-5-15/h4-7,12-14,17,20H,8-11H2,1-3H3. The summed E-state index contributed by atoms with van der Waals surface area (Å²) in [5, 5.41) is 11.0. The van der Waals surface area contributed by atoms with Gasteiger partial charge in [0.15, 0.2) is 0 Å². The molecule has 1 aliphatic rings. The van der Waals surface area contributed by atoms with Crippen LogP contribution >= 0.6 is 11.6 Å². The lowest BCUT2D eigenvalue weighted by atomic mass is 9.86. The van der Waals surface area contributed by atoms with Crippen LogP contribution in [0.25, 0.3) is 0 Å². The summed E-state index contributed by atoms with van der Waals surface area (Å²) in [5.74, 6) is 1.50. The summed E-state index contributed by atoms with van der Waals surface area (Å²) in [5.41, 5.74) is 0.958. The zero-order valence-electron chi connectivity index (χ0n) is 12.7. The Labute approximate surface area is 127 Å². The van der Waals surface area contributed by atoms with Gasteiger partial charge in [-0.25, -0.2) is 0 Å². The molecule has 0 spiro atoms. The molecule has 0 radical (unpaired) electrons. The molecule has 3 heteroatoms. The van der Waals surface area contributed by atoms with Gasteiger partial charge in [0.25, 0.3) is 0 Å². The van der Waals surface area contributed by atoms with Crippen molar-refractivity contribution < 1.29 is 5.11 Å². The van der Waals surface area contributed by atoms with Gasteiger partial charge >= 0.3 is 0 Å². The number of aliphatic hydroxyl groups is 1. The number of rotatable bonds is 4. The average Bonchev–Trinajstić information content (AvgIpc) is 2.41. The fraction of sp³-hybridized carbons (Fsp3) is 0.647. The van der Waals surface area contributed by atoms with Crippen molar-refractivity contribution in [3.63, 3.8) is 0 Å². The van der Waals surface area contributed by atoms with Gasteiger partial charge in [-0.3, -0.25) is 0 Å². The highest BCUT2D eigenvalue weighted by Crippen LogP contribution is 2.28. The van der Waals surface area contributed by atoms with Gasteiger partial charge in [0.1, 0.15) is 0 Å². The first kappa shape index (κ1) is 15.8. The molecule has 1 fully saturated rings. The molecule has 0 aromatic heterocycles. The summed E-state index contributed by atoms with van der Waals surface area (Å²) in [4.78, 5) is 2.53. The first-order chi connectivity index (χ1) is 9.47. The van der Waals surface area contributed by atoms with Crippen molar-refractivity contribution in [2.75, 3.05) is 13.1 Å². The van der Waals surface area contributed by atoms with Crippen LogP contribution < -0.4 is 0 Å². The third kappa shape index (κ3) is 3.97. The molecule has 1 saturated heterocycles. The highest BCUT2D eigenvalue weighted by Gasteiger charge is 2.28. The molecule has 0 saturated carbocycles. The van der Waals surface area contributed by atoms with E-state index in [9.17, 15) is 5.11 Å². The second kappa shape index (κ2) is 6.93. The lowest BCUT2D eigenvalue weighted by Gasteiger charge is -2.41. The Bertz CT molecular complexity index is 420. The van der Waals surface area contributed by atoms with Crippen LogP contribution in [0.3, 0.4) is 0 Å². The van der Waals surface area contributed by atoms with E-state index in [0.717, 1.165) is 36.9 Å². The molecule has 2 nitrogen and oxygen atoms in total. The largest absolute Gasteiger partial charge is 0.388 e. The van der Waals surface area contributed by atoms with E-state index in [4.69, 9.17) is 11.6 Å². The zero-order chi connectivity index (χ0) is 14.7. The van der Waals surface area contributed by atoms with E-state index >= 15 is 0 Å². The van der Waals surface area contributed by atoms with Gasteiger partial charge in [-0.2, -0.15) is 0 Å². The van der Waals surface area contributed by atoms with Crippen molar-refractivity contribution in [2.24, 2.45) is 11.8 Å². The predicted octanol–water partition coefficient (Wildman–Crippen LogP) is 4.13. The van der Waals surface area contributed by atoms with Crippen molar-refractivity contribution in [1.82, 2.24) is 4.90 Å². The van der Waals surface area contributed by atoms with E-state index in [1.807, 2.05) is 24.3 Å². The molecule has 4 atom stereocenters. The molecule has 20 heavy (non-hydrogen) atoms. The summed E-state index contributed by atoms with van der Waals surface area (Å²) < 4.78 is 0. The Kier molecular flexibility index (Phi) is 5.48. The van der Waals surface area contributed by atoms with Crippen molar-refractivity contribution in [2.45, 2.75) is 45.8 Å². The minimum atomic E-state index is -0.396. The second-order valence-electron chi connectivity index (χ2n) is 6.41. The third-order valence-electron chi connectivity index (χ3n) is 4.66. The number of aliphatic hydroxyl groups excluding tert-OH is 1. The van der Waals surface area contributed by atoms with Gasteiger partial charge in [-0.1, -0.05) is 37.6 Å². The molecule has 1 aromatic carbocycles. The maximum atomic E-state index is 10.3. The fourth-order valence-electron chi connectivity index (χ4n) is 3.27. The molecule has 1 aromatic rings. The van der Waals surface area contributed by atoms with Crippen LogP contribution in [0.5, 0.6) is 0 Å². The Morgan fingerprint density at radius 3 is 2.55 bits per heavy atom. The molecular weight excluding hydrogens is 270 g/mol. The lowest BCUT2D eigenvalue weighted by molar-refractivity contribution is 0.0599. The van der Waals surface area contributed by atoms with Gasteiger partial charge in [-0.15, -0.1) is 0 Å². The van der Waals surface area contributed by atoms with Crippen molar-refractivity contribution in [3.05, 3.63) is 34.9 Å². The molecule has 0 amide bonds.